The van der Waals surface area contributed by atoms with Gasteiger partial charge in [0.2, 0.25) is 18.2 Å². The third kappa shape index (κ3) is 3.40. The van der Waals surface area contributed by atoms with E-state index in [1.165, 1.54) is 6.39 Å². The molecular formula is C10H13N5O2. The average Bonchev–Trinajstić information content (AvgIpc) is 2.83. The molecule has 90 valence electrons. The number of nitrogens with zero attached hydrogens (tertiary/aromatic N) is 4. The van der Waals surface area contributed by atoms with E-state index in [-0.39, 0.29) is 0 Å². The summed E-state index contributed by atoms with van der Waals surface area (Å²) in [4.78, 5) is 12.2. The lowest BCUT2D eigenvalue weighted by Crippen LogP contribution is -2.09. The van der Waals surface area contributed by atoms with Crippen LogP contribution in [0.1, 0.15) is 12.7 Å². The number of nitrogens with one attached hydrogen (secondary N) is 1. The van der Waals surface area contributed by atoms with Gasteiger partial charge in [-0.1, -0.05) is 5.16 Å². The maximum absolute atomic E-state index is 5.27. The first kappa shape index (κ1) is 11.3. The minimum Gasteiger partial charge on any atom is -0.478 e. The Kier molecular flexibility index (Phi) is 3.85. The molecule has 0 spiro atoms. The van der Waals surface area contributed by atoms with Gasteiger partial charge in [0.1, 0.15) is 0 Å². The van der Waals surface area contributed by atoms with Crippen LogP contribution in [-0.4, -0.2) is 33.3 Å². The Hall–Kier alpha value is -2.18. The number of anilines is 1. The molecule has 0 aliphatic rings. The molecule has 0 aliphatic carbocycles. The highest BCUT2D eigenvalue weighted by molar-refractivity contribution is 5.27. The summed E-state index contributed by atoms with van der Waals surface area (Å²) in [6, 6.07) is 1.72. The molecule has 0 fully saturated rings. The van der Waals surface area contributed by atoms with E-state index in [2.05, 4.69) is 29.9 Å². The van der Waals surface area contributed by atoms with E-state index in [9.17, 15) is 0 Å². The Morgan fingerprint density at radius 1 is 1.41 bits per heavy atom. The lowest BCUT2D eigenvalue weighted by Gasteiger charge is -2.05. The molecule has 0 saturated carbocycles. The quantitative estimate of drug-likeness (QED) is 0.796. The summed E-state index contributed by atoms with van der Waals surface area (Å²) in [7, 11) is 0. The zero-order chi connectivity index (χ0) is 11.9. The fourth-order valence-electron chi connectivity index (χ4n) is 1.24. The van der Waals surface area contributed by atoms with Crippen molar-refractivity contribution >= 4 is 5.95 Å². The molecule has 2 heterocycles. The maximum atomic E-state index is 5.27. The summed E-state index contributed by atoms with van der Waals surface area (Å²) in [5, 5.41) is 6.76. The average molecular weight is 235 g/mol. The van der Waals surface area contributed by atoms with Crippen molar-refractivity contribution in [3.63, 3.8) is 0 Å². The van der Waals surface area contributed by atoms with Gasteiger partial charge in [0.05, 0.1) is 6.61 Å². The molecule has 0 amide bonds. The largest absolute Gasteiger partial charge is 0.478 e. The molecule has 0 atom stereocenters. The fraction of sp³-hybridized carbons (Fsp3) is 0.400. The van der Waals surface area contributed by atoms with Crippen LogP contribution in [0.15, 0.2) is 23.2 Å². The fourth-order valence-corrected chi connectivity index (χ4v) is 1.24. The molecule has 0 unspecified atom stereocenters. The van der Waals surface area contributed by atoms with Crippen LogP contribution < -0.4 is 10.1 Å². The van der Waals surface area contributed by atoms with Crippen molar-refractivity contribution in [2.75, 3.05) is 18.5 Å². The number of ether oxygens (including phenoxy) is 1. The summed E-state index contributed by atoms with van der Waals surface area (Å²) in [6.45, 7) is 3.12. The molecule has 0 aromatic carbocycles. The Bertz CT molecular complexity index is 446. The first-order valence-electron chi connectivity index (χ1n) is 5.33. The van der Waals surface area contributed by atoms with Crippen LogP contribution in [0, 0.1) is 0 Å². The molecule has 7 nitrogen and oxygen atoms in total. The van der Waals surface area contributed by atoms with Gasteiger partial charge in [-0.25, -0.2) is 4.98 Å². The van der Waals surface area contributed by atoms with Crippen LogP contribution in [-0.2, 0) is 6.42 Å². The predicted octanol–water partition coefficient (Wildman–Crippen LogP) is 0.913. The summed E-state index contributed by atoms with van der Waals surface area (Å²) < 4.78 is 9.90. The van der Waals surface area contributed by atoms with Crippen LogP contribution in [0.3, 0.4) is 0 Å². The molecular weight excluding hydrogens is 222 g/mol. The van der Waals surface area contributed by atoms with Gasteiger partial charge in [0.25, 0.3) is 0 Å². The molecule has 1 N–H and O–H groups in total. The lowest BCUT2D eigenvalue weighted by atomic mass is 10.4. The molecule has 2 aromatic heterocycles. The van der Waals surface area contributed by atoms with Crippen LogP contribution in [0.5, 0.6) is 5.88 Å². The van der Waals surface area contributed by atoms with Gasteiger partial charge in [0, 0.05) is 25.2 Å². The van der Waals surface area contributed by atoms with Gasteiger partial charge in [-0.15, -0.1) is 0 Å². The molecule has 2 rings (SSSR count). The van der Waals surface area contributed by atoms with Crippen molar-refractivity contribution in [3.05, 3.63) is 24.5 Å². The van der Waals surface area contributed by atoms with Crippen molar-refractivity contribution in [3.8, 4) is 5.88 Å². The van der Waals surface area contributed by atoms with Crippen molar-refractivity contribution in [1.82, 2.24) is 20.1 Å². The second-order valence-corrected chi connectivity index (χ2v) is 3.18. The monoisotopic (exact) mass is 235 g/mol. The predicted molar refractivity (Wildman–Crippen MR) is 59.7 cm³/mol. The Balaban J connectivity index is 1.84. The van der Waals surface area contributed by atoms with Crippen molar-refractivity contribution in [2.24, 2.45) is 0 Å². The second kappa shape index (κ2) is 5.78. The zero-order valence-electron chi connectivity index (χ0n) is 9.46. The third-order valence-corrected chi connectivity index (χ3v) is 1.96. The molecule has 7 heteroatoms. The lowest BCUT2D eigenvalue weighted by molar-refractivity contribution is 0.326. The van der Waals surface area contributed by atoms with E-state index in [1.54, 1.807) is 12.3 Å². The first-order valence-corrected chi connectivity index (χ1v) is 5.33. The highest BCUT2D eigenvalue weighted by atomic mass is 16.5. The summed E-state index contributed by atoms with van der Waals surface area (Å²) in [6.07, 6.45) is 3.61. The van der Waals surface area contributed by atoms with E-state index >= 15 is 0 Å². The van der Waals surface area contributed by atoms with E-state index in [1.807, 2.05) is 6.92 Å². The minimum absolute atomic E-state index is 0.527. The summed E-state index contributed by atoms with van der Waals surface area (Å²) in [5.74, 6) is 1.74. The maximum Gasteiger partial charge on any atom is 0.225 e. The Labute approximate surface area is 98.2 Å². The molecule has 0 bridgehead atoms. The van der Waals surface area contributed by atoms with Crippen molar-refractivity contribution < 1.29 is 9.26 Å². The SMILES string of the molecule is CCOc1ccnc(NCCc2ncon2)n1. The van der Waals surface area contributed by atoms with Gasteiger partial charge in [-0.3, -0.25) is 0 Å². The highest BCUT2D eigenvalue weighted by Crippen LogP contribution is 2.07. The smallest absolute Gasteiger partial charge is 0.225 e. The van der Waals surface area contributed by atoms with E-state index in [4.69, 9.17) is 4.74 Å². The van der Waals surface area contributed by atoms with Crippen LogP contribution >= 0.6 is 0 Å². The number of hydrogen-bond acceptors (Lipinski definition) is 7. The van der Waals surface area contributed by atoms with Crippen LogP contribution in [0.25, 0.3) is 0 Å². The van der Waals surface area contributed by atoms with Gasteiger partial charge in [-0.05, 0) is 6.92 Å². The Morgan fingerprint density at radius 2 is 2.35 bits per heavy atom. The standard InChI is InChI=1S/C10H13N5O2/c1-2-16-9-4-6-12-10(14-9)11-5-3-8-13-7-17-15-8/h4,6-7H,2-3,5H2,1H3,(H,11,12,14). The van der Waals surface area contributed by atoms with E-state index in [0.717, 1.165) is 0 Å². The molecule has 0 aliphatic heterocycles. The normalized spacial score (nSPS) is 10.2. The second-order valence-electron chi connectivity index (χ2n) is 3.18. The van der Waals surface area contributed by atoms with Gasteiger partial charge < -0.3 is 14.6 Å². The van der Waals surface area contributed by atoms with Gasteiger partial charge in [0.15, 0.2) is 5.82 Å². The van der Waals surface area contributed by atoms with Crippen molar-refractivity contribution in [1.29, 1.82) is 0 Å². The topological polar surface area (TPSA) is 86.0 Å². The molecule has 0 saturated heterocycles. The molecule has 17 heavy (non-hydrogen) atoms. The Morgan fingerprint density at radius 3 is 3.12 bits per heavy atom. The van der Waals surface area contributed by atoms with Gasteiger partial charge in [-0.2, -0.15) is 9.97 Å². The third-order valence-electron chi connectivity index (χ3n) is 1.96. The first-order chi connectivity index (χ1) is 8.38. The molecule has 2 aromatic rings. The van der Waals surface area contributed by atoms with Gasteiger partial charge >= 0.3 is 0 Å². The minimum atomic E-state index is 0.527. The summed E-state index contributed by atoms with van der Waals surface area (Å²) in [5.41, 5.74) is 0. The molecule has 0 radical (unpaired) electrons. The number of hydrogen-bond donors (Lipinski definition) is 1. The van der Waals surface area contributed by atoms with Crippen molar-refractivity contribution in [2.45, 2.75) is 13.3 Å². The van der Waals surface area contributed by atoms with Crippen LogP contribution in [0.4, 0.5) is 5.95 Å². The highest BCUT2D eigenvalue weighted by Gasteiger charge is 2.01. The van der Waals surface area contributed by atoms with Crippen LogP contribution in [0.2, 0.25) is 0 Å². The number of aromatic nitrogens is 4. The summed E-state index contributed by atoms with van der Waals surface area (Å²) >= 11 is 0. The zero-order valence-corrected chi connectivity index (χ0v) is 9.46. The van der Waals surface area contributed by atoms with E-state index < -0.39 is 0 Å². The number of rotatable bonds is 6. The van der Waals surface area contributed by atoms with E-state index in [0.29, 0.717) is 37.2 Å².